The van der Waals surface area contributed by atoms with Crippen LogP contribution in [0.2, 0.25) is 0 Å². The Labute approximate surface area is 177 Å². The summed E-state index contributed by atoms with van der Waals surface area (Å²) in [7, 11) is 1.63. The van der Waals surface area contributed by atoms with E-state index < -0.39 is 11.8 Å². The Morgan fingerprint density at radius 3 is 2.47 bits per heavy atom. The van der Waals surface area contributed by atoms with Gasteiger partial charge in [0.05, 0.1) is 26.4 Å². The van der Waals surface area contributed by atoms with Gasteiger partial charge in [0.2, 0.25) is 0 Å². The van der Waals surface area contributed by atoms with Gasteiger partial charge in [-0.25, -0.2) is 0 Å². The summed E-state index contributed by atoms with van der Waals surface area (Å²) in [6, 6.07) is 15.5. The number of benzene rings is 2. The van der Waals surface area contributed by atoms with Gasteiger partial charge in [0.15, 0.2) is 0 Å². The maximum Gasteiger partial charge on any atom is 0.309 e. The van der Waals surface area contributed by atoms with Crippen molar-refractivity contribution in [1.29, 1.82) is 0 Å². The second-order valence-electron chi connectivity index (χ2n) is 7.32. The summed E-state index contributed by atoms with van der Waals surface area (Å²) in [6.07, 6.45) is 0. The van der Waals surface area contributed by atoms with E-state index in [1.54, 1.807) is 7.11 Å². The summed E-state index contributed by atoms with van der Waals surface area (Å²) in [5.74, 6) is -0.516. The molecule has 7 heteroatoms. The average Bonchev–Trinajstić information content (AvgIpc) is 2.79. The lowest BCUT2D eigenvalue weighted by Crippen LogP contribution is -2.46. The molecule has 30 heavy (non-hydrogen) atoms. The molecule has 1 aliphatic heterocycles. The maximum absolute atomic E-state index is 12.4. The number of nitrogens with zero attached hydrogens (tertiary/aromatic N) is 1. The number of ether oxygens (including phenoxy) is 2. The molecule has 0 aromatic heterocycles. The van der Waals surface area contributed by atoms with Crippen LogP contribution in [0.4, 0.5) is 0 Å². The van der Waals surface area contributed by atoms with E-state index in [4.69, 9.17) is 9.47 Å². The fourth-order valence-electron chi connectivity index (χ4n) is 3.43. The number of carbonyl (C=O) groups excluding carboxylic acids is 2. The monoisotopic (exact) mass is 411 g/mol. The zero-order chi connectivity index (χ0) is 21.3. The van der Waals surface area contributed by atoms with E-state index in [1.807, 2.05) is 55.5 Å². The summed E-state index contributed by atoms with van der Waals surface area (Å²) < 4.78 is 10.8. The summed E-state index contributed by atoms with van der Waals surface area (Å²) in [5, 5.41) is 5.46. The van der Waals surface area contributed by atoms with Gasteiger partial charge in [-0.3, -0.25) is 14.5 Å². The van der Waals surface area contributed by atoms with Crippen molar-refractivity contribution in [3.8, 4) is 5.75 Å². The van der Waals surface area contributed by atoms with Crippen molar-refractivity contribution in [1.82, 2.24) is 15.5 Å². The Balaban J connectivity index is 1.60. The minimum Gasteiger partial charge on any atom is -0.497 e. The molecule has 0 aliphatic carbocycles. The van der Waals surface area contributed by atoms with Crippen LogP contribution in [0.25, 0.3) is 0 Å². The molecule has 160 valence electrons. The number of aryl methyl sites for hydroxylation is 1. The van der Waals surface area contributed by atoms with E-state index in [-0.39, 0.29) is 6.04 Å². The first kappa shape index (κ1) is 21.8. The quantitative estimate of drug-likeness (QED) is 0.680. The Hall–Kier alpha value is -2.90. The molecule has 0 unspecified atom stereocenters. The smallest absolute Gasteiger partial charge is 0.309 e. The fourth-order valence-corrected chi connectivity index (χ4v) is 3.43. The van der Waals surface area contributed by atoms with Crippen LogP contribution in [-0.4, -0.2) is 56.7 Å². The third-order valence-electron chi connectivity index (χ3n) is 5.20. The molecule has 3 rings (SSSR count). The zero-order valence-corrected chi connectivity index (χ0v) is 17.5. The largest absolute Gasteiger partial charge is 0.497 e. The topological polar surface area (TPSA) is 79.9 Å². The van der Waals surface area contributed by atoms with E-state index in [2.05, 4.69) is 15.5 Å². The van der Waals surface area contributed by atoms with Gasteiger partial charge in [-0.1, -0.05) is 42.0 Å². The van der Waals surface area contributed by atoms with Crippen LogP contribution in [0.3, 0.4) is 0 Å². The highest BCUT2D eigenvalue weighted by atomic mass is 16.5. The van der Waals surface area contributed by atoms with Crippen LogP contribution in [0.1, 0.15) is 22.7 Å². The molecule has 0 saturated carbocycles. The maximum atomic E-state index is 12.4. The molecule has 7 nitrogen and oxygen atoms in total. The molecule has 0 bridgehead atoms. The van der Waals surface area contributed by atoms with Gasteiger partial charge in [0, 0.05) is 26.2 Å². The molecule has 1 saturated heterocycles. The van der Waals surface area contributed by atoms with E-state index in [0.29, 0.717) is 26.3 Å². The minimum absolute atomic E-state index is 0.0714. The van der Waals surface area contributed by atoms with Crippen molar-refractivity contribution >= 4 is 11.8 Å². The standard InChI is InChI=1S/C23H29N3O4/c1-17-6-8-18(9-7-17)15-24-22(27)23(28)25-16-21(26-10-12-30-13-11-26)19-4-3-5-20(14-19)29-2/h3-9,14,21H,10-13,15-16H2,1-2H3,(H,24,27)(H,25,28)/t21-/m1/s1. The number of hydrogen-bond donors (Lipinski definition) is 2. The van der Waals surface area contributed by atoms with E-state index in [9.17, 15) is 9.59 Å². The number of carbonyl (C=O) groups is 2. The molecule has 1 heterocycles. The molecule has 2 aromatic rings. The third-order valence-corrected chi connectivity index (χ3v) is 5.20. The van der Waals surface area contributed by atoms with Crippen molar-refractivity contribution in [2.75, 3.05) is 40.0 Å². The van der Waals surface area contributed by atoms with Crippen molar-refractivity contribution in [3.05, 3.63) is 65.2 Å². The molecule has 0 spiro atoms. The lowest BCUT2D eigenvalue weighted by atomic mass is 10.0. The summed E-state index contributed by atoms with van der Waals surface area (Å²) in [6.45, 7) is 5.45. The van der Waals surface area contributed by atoms with E-state index >= 15 is 0 Å². The van der Waals surface area contributed by atoms with Gasteiger partial charge in [0.25, 0.3) is 0 Å². The highest BCUT2D eigenvalue weighted by Crippen LogP contribution is 2.24. The minimum atomic E-state index is -0.637. The normalized spacial score (nSPS) is 15.3. The molecule has 2 aromatic carbocycles. The van der Waals surface area contributed by atoms with Crippen LogP contribution in [0.15, 0.2) is 48.5 Å². The Kier molecular flexibility index (Phi) is 7.82. The van der Waals surface area contributed by atoms with Crippen molar-refractivity contribution in [2.45, 2.75) is 19.5 Å². The van der Waals surface area contributed by atoms with E-state index in [0.717, 1.165) is 35.5 Å². The lowest BCUT2D eigenvalue weighted by Gasteiger charge is -2.35. The Morgan fingerprint density at radius 2 is 1.77 bits per heavy atom. The van der Waals surface area contributed by atoms with Crippen LogP contribution < -0.4 is 15.4 Å². The first-order valence-corrected chi connectivity index (χ1v) is 10.1. The van der Waals surface area contributed by atoms with Gasteiger partial charge >= 0.3 is 11.8 Å². The summed E-state index contributed by atoms with van der Waals surface area (Å²) in [4.78, 5) is 26.9. The first-order valence-electron chi connectivity index (χ1n) is 10.1. The second kappa shape index (κ2) is 10.8. The van der Waals surface area contributed by atoms with Crippen molar-refractivity contribution in [3.63, 3.8) is 0 Å². The number of nitrogens with one attached hydrogen (secondary N) is 2. The molecule has 0 radical (unpaired) electrons. The van der Waals surface area contributed by atoms with Crippen LogP contribution >= 0.6 is 0 Å². The molecule has 1 aliphatic rings. The van der Waals surface area contributed by atoms with Gasteiger partial charge in [-0.2, -0.15) is 0 Å². The lowest BCUT2D eigenvalue weighted by molar-refractivity contribution is -0.139. The van der Waals surface area contributed by atoms with Gasteiger partial charge in [-0.15, -0.1) is 0 Å². The molecule has 2 amide bonds. The van der Waals surface area contributed by atoms with Gasteiger partial charge in [-0.05, 0) is 30.2 Å². The van der Waals surface area contributed by atoms with Crippen LogP contribution in [0.5, 0.6) is 5.75 Å². The second-order valence-corrected chi connectivity index (χ2v) is 7.32. The first-order chi connectivity index (χ1) is 14.6. The fraction of sp³-hybridized carbons (Fsp3) is 0.391. The SMILES string of the molecule is COc1cccc([C@@H](CNC(=O)C(=O)NCc2ccc(C)cc2)N2CCOCC2)c1. The number of methoxy groups -OCH3 is 1. The zero-order valence-electron chi connectivity index (χ0n) is 17.5. The number of hydrogen-bond acceptors (Lipinski definition) is 5. The molecular weight excluding hydrogens is 382 g/mol. The van der Waals surface area contributed by atoms with E-state index in [1.165, 1.54) is 0 Å². The molecule has 1 atom stereocenters. The summed E-state index contributed by atoms with van der Waals surface area (Å²) in [5.41, 5.74) is 3.12. The van der Waals surface area contributed by atoms with Crippen molar-refractivity contribution in [2.24, 2.45) is 0 Å². The third kappa shape index (κ3) is 6.05. The highest BCUT2D eigenvalue weighted by Gasteiger charge is 2.24. The van der Waals surface area contributed by atoms with Gasteiger partial charge in [0.1, 0.15) is 5.75 Å². The predicted molar refractivity (Wildman–Crippen MR) is 114 cm³/mol. The average molecular weight is 412 g/mol. The van der Waals surface area contributed by atoms with Crippen LogP contribution in [-0.2, 0) is 20.9 Å². The van der Waals surface area contributed by atoms with Crippen molar-refractivity contribution < 1.29 is 19.1 Å². The van der Waals surface area contributed by atoms with Gasteiger partial charge < -0.3 is 20.1 Å². The number of morpholine rings is 1. The number of rotatable bonds is 7. The molecular formula is C23H29N3O4. The molecule has 2 N–H and O–H groups in total. The van der Waals surface area contributed by atoms with Crippen LogP contribution in [0, 0.1) is 6.92 Å². The number of amides is 2. The highest BCUT2D eigenvalue weighted by molar-refractivity contribution is 6.35. The Morgan fingerprint density at radius 1 is 1.07 bits per heavy atom. The molecule has 1 fully saturated rings. The predicted octanol–water partition coefficient (Wildman–Crippen LogP) is 1.81. The Bertz CT molecular complexity index is 848. The summed E-state index contributed by atoms with van der Waals surface area (Å²) >= 11 is 0.